The quantitative estimate of drug-likeness (QED) is 0.905. The average molecular weight is 311 g/mol. The van der Waals surface area contributed by atoms with E-state index in [1.807, 2.05) is 20.8 Å². The maximum absolute atomic E-state index is 12.1. The highest BCUT2D eigenvalue weighted by molar-refractivity contribution is 7.99. The van der Waals surface area contributed by atoms with Crippen molar-refractivity contribution in [3.63, 3.8) is 0 Å². The van der Waals surface area contributed by atoms with Gasteiger partial charge in [0.25, 0.3) is 5.56 Å². The van der Waals surface area contributed by atoms with Gasteiger partial charge in [0.05, 0.1) is 16.4 Å². The molecule has 2 N–H and O–H groups in total. The van der Waals surface area contributed by atoms with Crippen LogP contribution in [-0.2, 0) is 10.5 Å². The predicted octanol–water partition coefficient (Wildman–Crippen LogP) is 1.97. The lowest BCUT2D eigenvalue weighted by Gasteiger charge is -2.08. The molecule has 2 rings (SSSR count). The zero-order valence-corrected chi connectivity index (χ0v) is 13.5. The van der Waals surface area contributed by atoms with Crippen LogP contribution in [0.4, 0.5) is 0 Å². The zero-order valence-electron chi connectivity index (χ0n) is 11.9. The van der Waals surface area contributed by atoms with E-state index < -0.39 is 0 Å². The first-order valence-electron chi connectivity index (χ1n) is 6.26. The lowest BCUT2D eigenvalue weighted by Crippen LogP contribution is -2.27. The molecule has 0 unspecified atom stereocenters. The van der Waals surface area contributed by atoms with Gasteiger partial charge in [0, 0.05) is 11.9 Å². The van der Waals surface area contributed by atoms with Crippen LogP contribution >= 0.6 is 23.1 Å². The fourth-order valence-electron chi connectivity index (χ4n) is 1.85. The van der Waals surface area contributed by atoms with Crippen molar-refractivity contribution in [3.05, 3.63) is 26.6 Å². The minimum Gasteiger partial charge on any atom is -0.358 e. The Labute approximate surface area is 125 Å². The van der Waals surface area contributed by atoms with E-state index in [-0.39, 0.29) is 16.7 Å². The molecule has 1 atom stereocenters. The molecule has 1 amide bonds. The molecule has 2 aromatic heterocycles. The number of thiophene rings is 1. The van der Waals surface area contributed by atoms with Gasteiger partial charge in [0.15, 0.2) is 0 Å². The van der Waals surface area contributed by atoms with Crippen molar-refractivity contribution < 1.29 is 4.79 Å². The van der Waals surface area contributed by atoms with Crippen molar-refractivity contribution in [2.45, 2.75) is 31.8 Å². The molecule has 0 bridgehead atoms. The van der Waals surface area contributed by atoms with E-state index in [1.54, 1.807) is 7.05 Å². The van der Waals surface area contributed by atoms with E-state index in [4.69, 9.17) is 0 Å². The van der Waals surface area contributed by atoms with E-state index in [0.29, 0.717) is 17.0 Å². The highest BCUT2D eigenvalue weighted by Gasteiger charge is 2.14. The number of amides is 1. The van der Waals surface area contributed by atoms with Gasteiger partial charge in [-0.1, -0.05) is 0 Å². The smallest absolute Gasteiger partial charge is 0.259 e. The number of carbonyl (C=O) groups is 1. The van der Waals surface area contributed by atoms with Gasteiger partial charge in [-0.05, 0) is 26.3 Å². The number of rotatable bonds is 4. The van der Waals surface area contributed by atoms with Crippen molar-refractivity contribution >= 4 is 39.2 Å². The molecule has 108 valence electrons. The normalized spacial score (nSPS) is 12.6. The molecule has 20 heavy (non-hydrogen) atoms. The number of aryl methyl sites for hydroxylation is 2. The number of hydrogen-bond acceptors (Lipinski definition) is 5. The molecule has 0 fully saturated rings. The molecule has 2 heterocycles. The largest absolute Gasteiger partial charge is 0.358 e. The number of H-pyrrole nitrogens is 1. The Morgan fingerprint density at radius 2 is 2.20 bits per heavy atom. The van der Waals surface area contributed by atoms with Crippen LogP contribution < -0.4 is 10.9 Å². The highest BCUT2D eigenvalue weighted by atomic mass is 32.2. The number of aromatic nitrogens is 2. The Kier molecular flexibility index (Phi) is 4.49. The summed E-state index contributed by atoms with van der Waals surface area (Å²) in [6.45, 7) is 5.76. The molecule has 0 radical (unpaired) electrons. The number of hydrogen-bond donors (Lipinski definition) is 2. The van der Waals surface area contributed by atoms with E-state index in [2.05, 4.69) is 15.3 Å². The van der Waals surface area contributed by atoms with Gasteiger partial charge in [-0.2, -0.15) is 0 Å². The number of aromatic amines is 1. The second-order valence-electron chi connectivity index (χ2n) is 4.54. The molecule has 0 aliphatic rings. The average Bonchev–Trinajstić information content (AvgIpc) is 2.70. The molecule has 0 aromatic carbocycles. The van der Waals surface area contributed by atoms with E-state index in [9.17, 15) is 9.59 Å². The minimum absolute atomic E-state index is 0.0266. The summed E-state index contributed by atoms with van der Waals surface area (Å²) in [5, 5.41) is 3.11. The van der Waals surface area contributed by atoms with Crippen molar-refractivity contribution in [1.82, 2.24) is 15.3 Å². The molecule has 0 aliphatic heterocycles. The van der Waals surface area contributed by atoms with Gasteiger partial charge >= 0.3 is 0 Å². The monoisotopic (exact) mass is 311 g/mol. The lowest BCUT2D eigenvalue weighted by atomic mass is 10.2. The van der Waals surface area contributed by atoms with Crippen molar-refractivity contribution in [2.75, 3.05) is 7.05 Å². The fraction of sp³-hybridized carbons (Fsp3) is 0.462. The summed E-state index contributed by atoms with van der Waals surface area (Å²) in [6.07, 6.45) is 0. The Hall–Kier alpha value is -1.34. The first-order valence-corrected chi connectivity index (χ1v) is 8.12. The number of nitrogens with zero attached hydrogens (tertiary/aromatic N) is 1. The summed E-state index contributed by atoms with van der Waals surface area (Å²) >= 11 is 2.98. The topological polar surface area (TPSA) is 74.8 Å². The second-order valence-corrected chi connectivity index (χ2v) is 7.08. The van der Waals surface area contributed by atoms with Crippen LogP contribution in [0.1, 0.15) is 23.2 Å². The van der Waals surface area contributed by atoms with Crippen LogP contribution in [0.5, 0.6) is 0 Å². The van der Waals surface area contributed by atoms with Crippen molar-refractivity contribution in [2.24, 2.45) is 0 Å². The Bertz CT molecular complexity index is 705. The SMILES string of the molecule is CNC(=O)[C@H](C)SCc1nc2sc(C)c(C)c2c(=O)[nH]1. The Balaban J connectivity index is 2.24. The molecule has 0 spiro atoms. The summed E-state index contributed by atoms with van der Waals surface area (Å²) in [7, 11) is 1.61. The molecule has 0 aliphatic carbocycles. The molecule has 0 saturated carbocycles. The van der Waals surface area contributed by atoms with Gasteiger partial charge in [0.2, 0.25) is 5.91 Å². The van der Waals surface area contributed by atoms with Crippen LogP contribution in [0.3, 0.4) is 0 Å². The summed E-state index contributed by atoms with van der Waals surface area (Å²) in [6, 6.07) is 0. The maximum Gasteiger partial charge on any atom is 0.259 e. The number of carbonyl (C=O) groups excluding carboxylic acids is 1. The van der Waals surface area contributed by atoms with Gasteiger partial charge in [0.1, 0.15) is 10.7 Å². The Morgan fingerprint density at radius 3 is 2.85 bits per heavy atom. The van der Waals surface area contributed by atoms with Gasteiger partial charge in [-0.25, -0.2) is 4.98 Å². The zero-order chi connectivity index (χ0) is 14.9. The third kappa shape index (κ3) is 2.88. The van der Waals surface area contributed by atoms with Crippen molar-refractivity contribution in [1.29, 1.82) is 0 Å². The molecular formula is C13H17N3O2S2. The fourth-order valence-corrected chi connectivity index (χ4v) is 3.71. The van der Waals surface area contributed by atoms with Crippen LogP contribution in [0.15, 0.2) is 4.79 Å². The van der Waals surface area contributed by atoms with Crippen LogP contribution in [0, 0.1) is 13.8 Å². The minimum atomic E-state index is -0.173. The first-order chi connectivity index (χ1) is 9.43. The number of nitrogens with one attached hydrogen (secondary N) is 2. The van der Waals surface area contributed by atoms with E-state index >= 15 is 0 Å². The second kappa shape index (κ2) is 5.97. The highest BCUT2D eigenvalue weighted by Crippen LogP contribution is 2.26. The van der Waals surface area contributed by atoms with Gasteiger partial charge in [-0.15, -0.1) is 23.1 Å². The maximum atomic E-state index is 12.1. The third-order valence-electron chi connectivity index (χ3n) is 3.17. The number of fused-ring (bicyclic) bond motifs is 1. The van der Waals surface area contributed by atoms with Crippen LogP contribution in [0.25, 0.3) is 10.2 Å². The summed E-state index contributed by atoms with van der Waals surface area (Å²) in [4.78, 5) is 32.7. The molecule has 2 aromatic rings. The summed E-state index contributed by atoms with van der Waals surface area (Å²) in [5.41, 5.74) is 0.900. The van der Waals surface area contributed by atoms with E-state index in [0.717, 1.165) is 15.3 Å². The number of thioether (sulfide) groups is 1. The van der Waals surface area contributed by atoms with Crippen LogP contribution in [-0.4, -0.2) is 28.2 Å². The van der Waals surface area contributed by atoms with Gasteiger partial charge < -0.3 is 10.3 Å². The molecule has 0 saturated heterocycles. The molecular weight excluding hydrogens is 294 g/mol. The summed E-state index contributed by atoms with van der Waals surface area (Å²) in [5.74, 6) is 1.10. The summed E-state index contributed by atoms with van der Waals surface area (Å²) < 4.78 is 0. The lowest BCUT2D eigenvalue weighted by molar-refractivity contribution is -0.119. The van der Waals surface area contributed by atoms with E-state index in [1.165, 1.54) is 23.1 Å². The predicted molar refractivity (Wildman–Crippen MR) is 84.5 cm³/mol. The van der Waals surface area contributed by atoms with Gasteiger partial charge in [-0.3, -0.25) is 9.59 Å². The standard InChI is InChI=1S/C13H17N3O2S2/c1-6-7(2)20-13-10(6)12(18)15-9(16-13)5-19-8(3)11(17)14-4/h8H,5H2,1-4H3,(H,14,17)(H,15,16,18)/t8-/m0/s1. The Morgan fingerprint density at radius 1 is 1.50 bits per heavy atom. The molecule has 5 nitrogen and oxygen atoms in total. The van der Waals surface area contributed by atoms with Crippen LogP contribution in [0.2, 0.25) is 0 Å². The first kappa shape index (κ1) is 15.1. The third-order valence-corrected chi connectivity index (χ3v) is 5.43. The molecule has 7 heteroatoms. The van der Waals surface area contributed by atoms with Crippen molar-refractivity contribution in [3.8, 4) is 0 Å².